The Hall–Kier alpha value is -1.55. The predicted molar refractivity (Wildman–Crippen MR) is 86.4 cm³/mol. The number of anilines is 1. The van der Waals surface area contributed by atoms with E-state index in [2.05, 4.69) is 17.5 Å². The maximum absolute atomic E-state index is 10.4. The van der Waals surface area contributed by atoms with Gasteiger partial charge < -0.3 is 10.8 Å². The normalized spacial score (nSPS) is 12.7. The number of nitrogens with two attached hydrogens (primary N) is 1. The Bertz CT molecular complexity index is 753. The van der Waals surface area contributed by atoms with Crippen molar-refractivity contribution in [3.8, 4) is 0 Å². The van der Waals surface area contributed by atoms with E-state index in [1.807, 2.05) is 12.1 Å². The Morgan fingerprint density at radius 1 is 1.20 bits per heavy atom. The highest BCUT2D eigenvalue weighted by Crippen LogP contribution is 2.31. The molecule has 4 heteroatoms. The van der Waals surface area contributed by atoms with E-state index in [4.69, 9.17) is 17.3 Å². The molecule has 0 aliphatic rings. The first-order valence-electron chi connectivity index (χ1n) is 6.33. The van der Waals surface area contributed by atoms with E-state index in [9.17, 15) is 5.11 Å². The van der Waals surface area contributed by atoms with Crippen LogP contribution in [0.1, 0.15) is 17.2 Å². The summed E-state index contributed by atoms with van der Waals surface area (Å²) in [6.07, 6.45) is -0.0687. The van der Waals surface area contributed by atoms with Crippen molar-refractivity contribution in [1.29, 1.82) is 0 Å². The van der Waals surface area contributed by atoms with E-state index in [0.717, 1.165) is 11.1 Å². The second kappa shape index (κ2) is 5.44. The summed E-state index contributed by atoms with van der Waals surface area (Å²) in [7, 11) is 0. The van der Waals surface area contributed by atoms with Crippen LogP contribution in [-0.4, -0.2) is 5.11 Å². The van der Waals surface area contributed by atoms with Gasteiger partial charge in [-0.1, -0.05) is 35.9 Å². The SMILES string of the molecule is Nc1cc(Cl)ccc1C(O)Cc1csc2ccccc12. The summed E-state index contributed by atoms with van der Waals surface area (Å²) in [5.74, 6) is 0. The molecule has 2 aromatic carbocycles. The van der Waals surface area contributed by atoms with Gasteiger partial charge in [0.05, 0.1) is 6.10 Å². The number of fused-ring (bicyclic) bond motifs is 1. The molecule has 0 aliphatic heterocycles. The summed E-state index contributed by atoms with van der Waals surface area (Å²) >= 11 is 7.58. The topological polar surface area (TPSA) is 46.2 Å². The maximum atomic E-state index is 10.4. The highest BCUT2D eigenvalue weighted by Gasteiger charge is 2.14. The van der Waals surface area contributed by atoms with Crippen molar-refractivity contribution in [3.05, 3.63) is 64.0 Å². The molecule has 0 saturated heterocycles. The smallest absolute Gasteiger partial charge is 0.0850 e. The van der Waals surface area contributed by atoms with E-state index in [1.165, 1.54) is 10.1 Å². The summed E-state index contributed by atoms with van der Waals surface area (Å²) in [4.78, 5) is 0. The molecule has 2 nitrogen and oxygen atoms in total. The van der Waals surface area contributed by atoms with E-state index in [-0.39, 0.29) is 0 Å². The monoisotopic (exact) mass is 303 g/mol. The molecule has 1 aromatic heterocycles. The van der Waals surface area contributed by atoms with E-state index in [1.54, 1.807) is 29.5 Å². The first-order chi connectivity index (χ1) is 9.65. The number of hydrogen-bond acceptors (Lipinski definition) is 3. The summed E-state index contributed by atoms with van der Waals surface area (Å²) < 4.78 is 1.23. The Morgan fingerprint density at radius 2 is 2.00 bits per heavy atom. The zero-order chi connectivity index (χ0) is 14.1. The lowest BCUT2D eigenvalue weighted by atomic mass is 10.00. The van der Waals surface area contributed by atoms with Gasteiger partial charge in [0, 0.05) is 27.4 Å². The lowest BCUT2D eigenvalue weighted by Gasteiger charge is -2.13. The van der Waals surface area contributed by atoms with Gasteiger partial charge in [-0.05, 0) is 34.5 Å². The van der Waals surface area contributed by atoms with Gasteiger partial charge in [-0.25, -0.2) is 0 Å². The third-order valence-corrected chi connectivity index (χ3v) is 4.63. The average molecular weight is 304 g/mol. The van der Waals surface area contributed by atoms with Gasteiger partial charge in [0.1, 0.15) is 0 Å². The maximum Gasteiger partial charge on any atom is 0.0850 e. The molecule has 0 amide bonds. The number of benzene rings is 2. The minimum absolute atomic E-state index is 0.532. The minimum Gasteiger partial charge on any atom is -0.398 e. The van der Waals surface area contributed by atoms with Gasteiger partial charge in [-0.15, -0.1) is 11.3 Å². The van der Waals surface area contributed by atoms with E-state index in [0.29, 0.717) is 17.1 Å². The number of hydrogen-bond donors (Lipinski definition) is 2. The Labute approximate surface area is 126 Å². The third-order valence-electron chi connectivity index (χ3n) is 3.38. The second-order valence-corrected chi connectivity index (χ2v) is 6.10. The third kappa shape index (κ3) is 2.52. The van der Waals surface area contributed by atoms with Crippen LogP contribution in [0.4, 0.5) is 5.69 Å². The van der Waals surface area contributed by atoms with Crippen molar-refractivity contribution in [2.75, 3.05) is 5.73 Å². The Morgan fingerprint density at radius 3 is 2.80 bits per heavy atom. The Balaban J connectivity index is 1.90. The standard InChI is InChI=1S/C16H14ClNOS/c17-11-5-6-13(14(18)8-11)15(19)7-10-9-20-16-4-2-1-3-12(10)16/h1-6,8-9,15,19H,7,18H2. The molecule has 20 heavy (non-hydrogen) atoms. The molecule has 102 valence electrons. The van der Waals surface area contributed by atoms with Crippen LogP contribution < -0.4 is 5.73 Å². The van der Waals surface area contributed by atoms with Crippen LogP contribution in [-0.2, 0) is 6.42 Å². The summed E-state index contributed by atoms with van der Waals surface area (Å²) in [6.45, 7) is 0. The number of halogens is 1. The van der Waals surface area contributed by atoms with Crippen LogP contribution in [0.2, 0.25) is 5.02 Å². The molecule has 0 radical (unpaired) electrons. The summed E-state index contributed by atoms with van der Waals surface area (Å²) in [6, 6.07) is 13.4. The van der Waals surface area contributed by atoms with Crippen LogP contribution in [0.15, 0.2) is 47.8 Å². The zero-order valence-corrected chi connectivity index (χ0v) is 12.3. The van der Waals surface area contributed by atoms with Crippen molar-refractivity contribution in [1.82, 2.24) is 0 Å². The molecule has 0 bridgehead atoms. The van der Waals surface area contributed by atoms with Crippen molar-refractivity contribution >= 4 is 38.7 Å². The highest BCUT2D eigenvalue weighted by molar-refractivity contribution is 7.17. The lowest BCUT2D eigenvalue weighted by molar-refractivity contribution is 0.179. The van der Waals surface area contributed by atoms with Gasteiger partial charge >= 0.3 is 0 Å². The van der Waals surface area contributed by atoms with Crippen LogP contribution >= 0.6 is 22.9 Å². The summed E-state index contributed by atoms with van der Waals surface area (Å²) in [5, 5.41) is 14.3. The number of aliphatic hydroxyl groups excluding tert-OH is 1. The highest BCUT2D eigenvalue weighted by atomic mass is 35.5. The van der Waals surface area contributed by atoms with Crippen molar-refractivity contribution < 1.29 is 5.11 Å². The molecule has 3 aromatic rings. The van der Waals surface area contributed by atoms with Gasteiger partial charge in [-0.2, -0.15) is 0 Å². The van der Waals surface area contributed by atoms with Crippen LogP contribution in [0.5, 0.6) is 0 Å². The molecule has 1 heterocycles. The minimum atomic E-state index is -0.620. The second-order valence-electron chi connectivity index (χ2n) is 4.75. The molecule has 0 aliphatic carbocycles. The average Bonchev–Trinajstić information content (AvgIpc) is 2.82. The van der Waals surface area contributed by atoms with E-state index >= 15 is 0 Å². The van der Waals surface area contributed by atoms with E-state index < -0.39 is 6.10 Å². The fourth-order valence-corrected chi connectivity index (χ4v) is 3.51. The largest absolute Gasteiger partial charge is 0.398 e. The van der Waals surface area contributed by atoms with Crippen molar-refractivity contribution in [2.45, 2.75) is 12.5 Å². The number of aliphatic hydroxyl groups is 1. The quantitative estimate of drug-likeness (QED) is 0.704. The molecule has 3 rings (SSSR count). The zero-order valence-electron chi connectivity index (χ0n) is 10.7. The fourth-order valence-electron chi connectivity index (χ4n) is 2.36. The molecule has 0 fully saturated rings. The lowest BCUT2D eigenvalue weighted by Crippen LogP contribution is -2.05. The van der Waals surface area contributed by atoms with Crippen molar-refractivity contribution in [2.24, 2.45) is 0 Å². The van der Waals surface area contributed by atoms with Crippen LogP contribution in [0.3, 0.4) is 0 Å². The number of nitrogen functional groups attached to an aromatic ring is 1. The molecule has 3 N–H and O–H groups in total. The van der Waals surface area contributed by atoms with Gasteiger partial charge in [0.2, 0.25) is 0 Å². The Kier molecular flexibility index (Phi) is 3.66. The number of rotatable bonds is 3. The first-order valence-corrected chi connectivity index (χ1v) is 7.59. The first kappa shape index (κ1) is 13.4. The molecular formula is C16H14ClNOS. The number of thiophene rings is 1. The molecule has 0 saturated carbocycles. The van der Waals surface area contributed by atoms with Gasteiger partial charge in [-0.3, -0.25) is 0 Å². The molecule has 1 atom stereocenters. The predicted octanol–water partition coefficient (Wildman–Crippen LogP) is 4.41. The molecule has 1 unspecified atom stereocenters. The fraction of sp³-hybridized carbons (Fsp3) is 0.125. The van der Waals surface area contributed by atoms with Crippen LogP contribution in [0.25, 0.3) is 10.1 Å². The molecule has 0 spiro atoms. The van der Waals surface area contributed by atoms with Gasteiger partial charge in [0.25, 0.3) is 0 Å². The van der Waals surface area contributed by atoms with Crippen molar-refractivity contribution in [3.63, 3.8) is 0 Å². The summed E-state index contributed by atoms with van der Waals surface area (Å²) in [5.41, 5.74) is 8.33. The molecular weight excluding hydrogens is 290 g/mol. The van der Waals surface area contributed by atoms with Gasteiger partial charge in [0.15, 0.2) is 0 Å². The van der Waals surface area contributed by atoms with Crippen LogP contribution in [0, 0.1) is 0 Å².